The van der Waals surface area contributed by atoms with E-state index in [1.54, 1.807) is 24.0 Å². The maximum atomic E-state index is 8.84. The Morgan fingerprint density at radius 3 is 3.06 bits per heavy atom. The number of pyridine rings is 1. The van der Waals surface area contributed by atoms with E-state index in [4.69, 9.17) is 11.0 Å². The van der Waals surface area contributed by atoms with Crippen LogP contribution in [-0.4, -0.2) is 20.3 Å². The average Bonchev–Trinajstić information content (AvgIpc) is 2.58. The molecule has 0 fully saturated rings. The summed E-state index contributed by atoms with van der Waals surface area (Å²) < 4.78 is 2.70. The van der Waals surface area contributed by atoms with Crippen LogP contribution >= 0.6 is 22.6 Å². The highest BCUT2D eigenvalue weighted by atomic mass is 127. The van der Waals surface area contributed by atoms with Crippen molar-refractivity contribution in [2.45, 2.75) is 19.0 Å². The Kier molecular flexibility index (Phi) is 2.82. The Bertz CT molecular complexity index is 566. The van der Waals surface area contributed by atoms with Crippen LogP contribution in [0.15, 0.2) is 18.5 Å². The summed E-state index contributed by atoms with van der Waals surface area (Å²) in [7, 11) is 0. The van der Waals surface area contributed by atoms with Gasteiger partial charge in [0, 0.05) is 9.77 Å². The van der Waals surface area contributed by atoms with Crippen LogP contribution in [0.1, 0.15) is 6.92 Å². The van der Waals surface area contributed by atoms with E-state index in [2.05, 4.69) is 32.7 Å². The van der Waals surface area contributed by atoms with E-state index in [1.165, 1.54) is 0 Å². The fourth-order valence-corrected chi connectivity index (χ4v) is 1.81. The molecule has 0 saturated heterocycles. The van der Waals surface area contributed by atoms with Gasteiger partial charge in [0.15, 0.2) is 0 Å². The van der Waals surface area contributed by atoms with E-state index in [1.807, 2.05) is 12.1 Å². The third kappa shape index (κ3) is 2.31. The van der Waals surface area contributed by atoms with Gasteiger partial charge in [-0.25, -0.2) is 0 Å². The van der Waals surface area contributed by atoms with Gasteiger partial charge in [0.05, 0.1) is 18.8 Å². The highest BCUT2D eigenvalue weighted by Gasteiger charge is 2.18. The largest absolute Gasteiger partial charge is 0.312 e. The topological polar surface area (TPSA) is 80.5 Å². The molecule has 2 heterocycles. The van der Waals surface area contributed by atoms with Crippen molar-refractivity contribution in [3.63, 3.8) is 0 Å². The number of halogens is 1. The number of nitrogens with two attached hydrogens (primary N) is 1. The van der Waals surface area contributed by atoms with Crippen molar-refractivity contribution in [3.05, 3.63) is 22.0 Å². The molecule has 6 heteroatoms. The molecular weight excluding hydrogens is 317 g/mol. The minimum absolute atomic E-state index is 0.358. The number of hydrogen-bond donors (Lipinski definition) is 1. The Balaban J connectivity index is 2.38. The lowest BCUT2D eigenvalue weighted by Crippen LogP contribution is -2.39. The van der Waals surface area contributed by atoms with Gasteiger partial charge in [-0.05, 0) is 35.6 Å². The molecule has 0 spiro atoms. The summed E-state index contributed by atoms with van der Waals surface area (Å²) in [6.07, 6.45) is 3.58. The summed E-state index contributed by atoms with van der Waals surface area (Å²) in [5.74, 6) is 0. The molecule has 16 heavy (non-hydrogen) atoms. The lowest BCUT2D eigenvalue weighted by Gasteiger charge is -2.14. The monoisotopic (exact) mass is 327 g/mol. The molecule has 2 N–H and O–H groups in total. The molecule has 0 aliphatic carbocycles. The minimum atomic E-state index is -0.908. The van der Waals surface area contributed by atoms with Gasteiger partial charge in [-0.3, -0.25) is 9.67 Å². The van der Waals surface area contributed by atoms with E-state index in [9.17, 15) is 0 Å². The quantitative estimate of drug-likeness (QED) is 0.843. The first kappa shape index (κ1) is 11.3. The van der Waals surface area contributed by atoms with Gasteiger partial charge < -0.3 is 5.73 Å². The van der Waals surface area contributed by atoms with Gasteiger partial charge in [0.1, 0.15) is 16.6 Å². The van der Waals surface area contributed by atoms with Gasteiger partial charge in [0.25, 0.3) is 0 Å². The fraction of sp³-hybridized carbons (Fsp3) is 0.300. The Hall–Kier alpha value is -1.20. The van der Waals surface area contributed by atoms with Crippen LogP contribution in [-0.2, 0) is 6.54 Å². The normalized spacial score (nSPS) is 14.6. The lowest BCUT2D eigenvalue weighted by molar-refractivity contribution is 0.462. The number of rotatable bonds is 2. The maximum Gasteiger partial charge on any atom is 0.121 e. The zero-order chi connectivity index (χ0) is 11.8. The summed E-state index contributed by atoms with van der Waals surface area (Å²) in [4.78, 5) is 4.24. The number of aromatic nitrogens is 3. The number of nitriles is 1. The van der Waals surface area contributed by atoms with Crippen molar-refractivity contribution >= 4 is 33.6 Å². The van der Waals surface area contributed by atoms with Crippen LogP contribution in [0.2, 0.25) is 0 Å². The molecule has 5 nitrogen and oxygen atoms in total. The van der Waals surface area contributed by atoms with Gasteiger partial charge in [-0.15, -0.1) is 0 Å². The minimum Gasteiger partial charge on any atom is -0.312 e. The molecule has 0 amide bonds. The predicted octanol–water partition coefficient (Wildman–Crippen LogP) is 1.28. The predicted molar refractivity (Wildman–Crippen MR) is 68.5 cm³/mol. The van der Waals surface area contributed by atoms with E-state index >= 15 is 0 Å². The number of hydrogen-bond acceptors (Lipinski definition) is 4. The molecule has 0 aromatic carbocycles. The van der Waals surface area contributed by atoms with Crippen LogP contribution in [0.5, 0.6) is 0 Å². The van der Waals surface area contributed by atoms with Gasteiger partial charge in [-0.1, -0.05) is 0 Å². The SMILES string of the molecule is CC(N)(C#N)Cn1cc2ncc(I)cc2n1. The van der Waals surface area contributed by atoms with E-state index < -0.39 is 5.54 Å². The second-order valence-electron chi connectivity index (χ2n) is 3.91. The standard InChI is InChI=1S/C10H10IN5/c1-10(13,5-12)6-16-4-9-8(15-16)2-7(11)3-14-9/h2-4H,6,13H2,1H3. The second-order valence-corrected chi connectivity index (χ2v) is 5.16. The van der Waals surface area contributed by atoms with Gasteiger partial charge in [0.2, 0.25) is 0 Å². The molecule has 2 rings (SSSR count). The highest BCUT2D eigenvalue weighted by molar-refractivity contribution is 14.1. The molecule has 0 bridgehead atoms. The molecule has 0 aliphatic heterocycles. The first-order chi connectivity index (χ1) is 7.50. The van der Waals surface area contributed by atoms with Crippen LogP contribution in [0, 0.1) is 14.9 Å². The van der Waals surface area contributed by atoms with Crippen molar-refractivity contribution in [2.24, 2.45) is 5.73 Å². The zero-order valence-electron chi connectivity index (χ0n) is 8.68. The third-order valence-electron chi connectivity index (χ3n) is 2.12. The molecule has 82 valence electrons. The maximum absolute atomic E-state index is 8.84. The summed E-state index contributed by atoms with van der Waals surface area (Å²) in [5, 5.41) is 13.2. The smallest absolute Gasteiger partial charge is 0.121 e. The first-order valence-electron chi connectivity index (χ1n) is 4.69. The van der Waals surface area contributed by atoms with Crippen molar-refractivity contribution in [1.29, 1.82) is 5.26 Å². The first-order valence-corrected chi connectivity index (χ1v) is 5.77. The molecule has 0 aliphatic rings. The van der Waals surface area contributed by atoms with E-state index in [0.717, 1.165) is 14.6 Å². The van der Waals surface area contributed by atoms with Crippen molar-refractivity contribution in [2.75, 3.05) is 0 Å². The second kappa shape index (κ2) is 3.99. The summed E-state index contributed by atoms with van der Waals surface area (Å²) >= 11 is 2.18. The van der Waals surface area contributed by atoms with E-state index in [0.29, 0.717) is 6.54 Å². The molecule has 0 radical (unpaired) electrons. The van der Waals surface area contributed by atoms with E-state index in [-0.39, 0.29) is 0 Å². The molecule has 0 saturated carbocycles. The Morgan fingerprint density at radius 1 is 1.62 bits per heavy atom. The molecule has 2 aromatic rings. The van der Waals surface area contributed by atoms with Gasteiger partial charge >= 0.3 is 0 Å². The third-order valence-corrected chi connectivity index (χ3v) is 2.71. The highest BCUT2D eigenvalue weighted by Crippen LogP contribution is 2.13. The van der Waals surface area contributed by atoms with Crippen LogP contribution < -0.4 is 5.73 Å². The van der Waals surface area contributed by atoms with Crippen LogP contribution in [0.25, 0.3) is 11.0 Å². The Morgan fingerprint density at radius 2 is 2.38 bits per heavy atom. The van der Waals surface area contributed by atoms with Crippen LogP contribution in [0.3, 0.4) is 0 Å². The van der Waals surface area contributed by atoms with Crippen LogP contribution in [0.4, 0.5) is 0 Å². The number of fused-ring (bicyclic) bond motifs is 1. The summed E-state index contributed by atoms with van der Waals surface area (Å²) in [6, 6.07) is 3.98. The molecule has 2 aromatic heterocycles. The summed E-state index contributed by atoms with van der Waals surface area (Å²) in [6.45, 7) is 2.03. The molecular formula is C10H10IN5. The van der Waals surface area contributed by atoms with Crippen molar-refractivity contribution < 1.29 is 0 Å². The summed E-state index contributed by atoms with van der Waals surface area (Å²) in [5.41, 5.74) is 6.48. The molecule has 1 atom stereocenters. The van der Waals surface area contributed by atoms with Crippen molar-refractivity contribution in [3.8, 4) is 6.07 Å². The average molecular weight is 327 g/mol. The van der Waals surface area contributed by atoms with Gasteiger partial charge in [-0.2, -0.15) is 10.4 Å². The lowest BCUT2D eigenvalue weighted by atomic mass is 10.1. The van der Waals surface area contributed by atoms with Crippen molar-refractivity contribution in [1.82, 2.24) is 14.8 Å². The number of nitrogens with zero attached hydrogens (tertiary/aromatic N) is 4. The molecule has 1 unspecified atom stereocenters. The Labute approximate surface area is 106 Å². The zero-order valence-corrected chi connectivity index (χ0v) is 10.8. The fourth-order valence-electron chi connectivity index (χ4n) is 1.38.